The van der Waals surface area contributed by atoms with Crippen molar-refractivity contribution in [1.29, 1.82) is 0 Å². The van der Waals surface area contributed by atoms with E-state index >= 15 is 0 Å². The molecule has 0 aliphatic carbocycles. The molecule has 0 atom stereocenters. The largest absolute Gasteiger partial charge is 0.337 e. The lowest BCUT2D eigenvalue weighted by Crippen LogP contribution is -2.42. The maximum absolute atomic E-state index is 12.8. The minimum absolute atomic E-state index is 0.0316. The Bertz CT molecular complexity index is 618. The molecular formula is C16H24N4O. The number of amides is 1. The predicted octanol–water partition coefficient (Wildman–Crippen LogP) is 2.40. The standard InChI is InChI=1S/C16H24N4O/c1-4-9-20(11-16(2,3)10-17)15(21)14-12-7-5-6-8-13(12)18-19-14/h5-8H,4,9-11,17H2,1-3H3,(H,18,19). The van der Waals surface area contributed by atoms with Gasteiger partial charge in [0, 0.05) is 18.5 Å². The molecule has 1 heterocycles. The summed E-state index contributed by atoms with van der Waals surface area (Å²) in [5, 5.41) is 8.00. The van der Waals surface area contributed by atoms with Gasteiger partial charge in [-0.1, -0.05) is 39.0 Å². The van der Waals surface area contributed by atoms with Crippen LogP contribution in [0.4, 0.5) is 0 Å². The Balaban J connectivity index is 2.30. The van der Waals surface area contributed by atoms with Gasteiger partial charge in [0.1, 0.15) is 0 Å². The van der Waals surface area contributed by atoms with Crippen LogP contribution in [0.3, 0.4) is 0 Å². The van der Waals surface area contributed by atoms with Gasteiger partial charge < -0.3 is 10.6 Å². The van der Waals surface area contributed by atoms with Crippen molar-refractivity contribution in [1.82, 2.24) is 15.1 Å². The number of carbonyl (C=O) groups excluding carboxylic acids is 1. The van der Waals surface area contributed by atoms with Crippen LogP contribution in [0.2, 0.25) is 0 Å². The first-order valence-electron chi connectivity index (χ1n) is 7.41. The minimum atomic E-state index is -0.100. The van der Waals surface area contributed by atoms with E-state index in [0.29, 0.717) is 25.3 Å². The smallest absolute Gasteiger partial charge is 0.275 e. The third-order valence-corrected chi connectivity index (χ3v) is 3.63. The highest BCUT2D eigenvalue weighted by Gasteiger charge is 2.26. The number of aromatic amines is 1. The molecule has 2 rings (SSSR count). The number of carbonyl (C=O) groups is 1. The normalized spacial score (nSPS) is 11.8. The van der Waals surface area contributed by atoms with Crippen LogP contribution in [-0.2, 0) is 0 Å². The highest BCUT2D eigenvalue weighted by molar-refractivity contribution is 6.04. The Morgan fingerprint density at radius 3 is 2.76 bits per heavy atom. The van der Waals surface area contributed by atoms with E-state index in [1.165, 1.54) is 0 Å². The van der Waals surface area contributed by atoms with Gasteiger partial charge in [0.15, 0.2) is 5.69 Å². The molecule has 0 spiro atoms. The summed E-state index contributed by atoms with van der Waals surface area (Å²) in [5.74, 6) is -0.0316. The maximum Gasteiger partial charge on any atom is 0.275 e. The number of aromatic nitrogens is 2. The summed E-state index contributed by atoms with van der Waals surface area (Å²) in [6, 6.07) is 7.69. The van der Waals surface area contributed by atoms with E-state index in [1.807, 2.05) is 29.2 Å². The molecule has 5 nitrogen and oxygen atoms in total. The van der Waals surface area contributed by atoms with Gasteiger partial charge in [-0.3, -0.25) is 9.89 Å². The lowest BCUT2D eigenvalue weighted by Gasteiger charge is -2.31. The summed E-state index contributed by atoms with van der Waals surface area (Å²) < 4.78 is 0. The topological polar surface area (TPSA) is 75.0 Å². The Labute approximate surface area is 125 Å². The Hall–Kier alpha value is -1.88. The molecule has 1 aromatic carbocycles. The minimum Gasteiger partial charge on any atom is -0.337 e. The summed E-state index contributed by atoms with van der Waals surface area (Å²) in [6.07, 6.45) is 0.911. The molecule has 114 valence electrons. The third kappa shape index (κ3) is 3.42. The van der Waals surface area contributed by atoms with E-state index in [-0.39, 0.29) is 11.3 Å². The lowest BCUT2D eigenvalue weighted by atomic mass is 9.93. The Kier molecular flexibility index (Phi) is 4.63. The van der Waals surface area contributed by atoms with E-state index in [2.05, 4.69) is 31.0 Å². The van der Waals surface area contributed by atoms with Gasteiger partial charge in [-0.15, -0.1) is 0 Å². The number of rotatable bonds is 6. The van der Waals surface area contributed by atoms with Crippen LogP contribution in [0.1, 0.15) is 37.7 Å². The zero-order valence-corrected chi connectivity index (χ0v) is 13.0. The molecule has 2 aromatic rings. The van der Waals surface area contributed by atoms with Crippen molar-refractivity contribution < 1.29 is 4.79 Å². The molecular weight excluding hydrogens is 264 g/mol. The highest BCUT2D eigenvalue weighted by atomic mass is 16.2. The van der Waals surface area contributed by atoms with Crippen LogP contribution in [0.25, 0.3) is 10.9 Å². The fourth-order valence-electron chi connectivity index (χ4n) is 2.38. The number of nitrogens with zero attached hydrogens (tertiary/aromatic N) is 2. The van der Waals surface area contributed by atoms with Gasteiger partial charge in [0.2, 0.25) is 0 Å². The molecule has 0 unspecified atom stereocenters. The van der Waals surface area contributed by atoms with Crippen LogP contribution < -0.4 is 5.73 Å². The van der Waals surface area contributed by atoms with Crippen LogP contribution in [0, 0.1) is 5.41 Å². The molecule has 5 heteroatoms. The molecule has 0 bridgehead atoms. The van der Waals surface area contributed by atoms with E-state index in [9.17, 15) is 4.79 Å². The second-order valence-corrected chi connectivity index (χ2v) is 6.21. The molecule has 0 radical (unpaired) electrons. The zero-order chi connectivity index (χ0) is 15.5. The molecule has 0 aliphatic heterocycles. The van der Waals surface area contributed by atoms with Gasteiger partial charge in [-0.25, -0.2) is 0 Å². The van der Waals surface area contributed by atoms with Gasteiger partial charge in [-0.2, -0.15) is 5.10 Å². The monoisotopic (exact) mass is 288 g/mol. The summed E-state index contributed by atoms with van der Waals surface area (Å²) in [5.41, 5.74) is 7.08. The first-order valence-corrected chi connectivity index (χ1v) is 7.41. The number of hydrogen-bond donors (Lipinski definition) is 2. The van der Waals surface area contributed by atoms with Crippen molar-refractivity contribution in [3.8, 4) is 0 Å². The van der Waals surface area contributed by atoms with Crippen molar-refractivity contribution in [3.05, 3.63) is 30.0 Å². The van der Waals surface area contributed by atoms with Crippen molar-refractivity contribution in [3.63, 3.8) is 0 Å². The molecule has 21 heavy (non-hydrogen) atoms. The second kappa shape index (κ2) is 6.26. The van der Waals surface area contributed by atoms with Crippen molar-refractivity contribution in [2.24, 2.45) is 11.1 Å². The molecule has 1 aromatic heterocycles. The van der Waals surface area contributed by atoms with Crippen molar-refractivity contribution in [2.45, 2.75) is 27.2 Å². The van der Waals surface area contributed by atoms with Gasteiger partial charge in [0.05, 0.1) is 5.52 Å². The average Bonchev–Trinajstić information content (AvgIpc) is 2.90. The zero-order valence-electron chi connectivity index (χ0n) is 13.0. The summed E-state index contributed by atoms with van der Waals surface area (Å²) in [4.78, 5) is 14.7. The summed E-state index contributed by atoms with van der Waals surface area (Å²) in [6.45, 7) is 8.11. The van der Waals surface area contributed by atoms with Crippen LogP contribution in [0.15, 0.2) is 24.3 Å². The van der Waals surface area contributed by atoms with E-state index in [4.69, 9.17) is 5.73 Å². The third-order valence-electron chi connectivity index (χ3n) is 3.63. The summed E-state index contributed by atoms with van der Waals surface area (Å²) in [7, 11) is 0. The molecule has 0 fully saturated rings. The van der Waals surface area contributed by atoms with Gasteiger partial charge >= 0.3 is 0 Å². The second-order valence-electron chi connectivity index (χ2n) is 6.21. The van der Waals surface area contributed by atoms with Crippen LogP contribution in [0.5, 0.6) is 0 Å². The van der Waals surface area contributed by atoms with E-state index in [0.717, 1.165) is 17.3 Å². The van der Waals surface area contributed by atoms with Gasteiger partial charge in [-0.05, 0) is 24.4 Å². The van der Waals surface area contributed by atoms with Crippen LogP contribution in [-0.4, -0.2) is 40.6 Å². The number of para-hydroxylation sites is 1. The lowest BCUT2D eigenvalue weighted by molar-refractivity contribution is 0.0685. The Morgan fingerprint density at radius 2 is 2.10 bits per heavy atom. The van der Waals surface area contributed by atoms with E-state index < -0.39 is 0 Å². The van der Waals surface area contributed by atoms with Gasteiger partial charge in [0.25, 0.3) is 5.91 Å². The Morgan fingerprint density at radius 1 is 1.38 bits per heavy atom. The number of hydrogen-bond acceptors (Lipinski definition) is 3. The quantitative estimate of drug-likeness (QED) is 0.857. The molecule has 0 saturated heterocycles. The maximum atomic E-state index is 12.8. The first kappa shape index (κ1) is 15.5. The summed E-state index contributed by atoms with van der Waals surface area (Å²) >= 11 is 0. The SMILES string of the molecule is CCCN(CC(C)(C)CN)C(=O)c1n[nH]c2ccccc12. The van der Waals surface area contributed by atoms with Crippen molar-refractivity contribution in [2.75, 3.05) is 19.6 Å². The fourth-order valence-corrected chi connectivity index (χ4v) is 2.38. The molecule has 0 saturated carbocycles. The van der Waals surface area contributed by atoms with Crippen molar-refractivity contribution >= 4 is 16.8 Å². The highest BCUT2D eigenvalue weighted by Crippen LogP contribution is 2.20. The number of benzene rings is 1. The fraction of sp³-hybridized carbons (Fsp3) is 0.500. The molecule has 1 amide bonds. The number of nitrogens with one attached hydrogen (secondary N) is 1. The first-order chi connectivity index (χ1) is 9.98. The number of fused-ring (bicyclic) bond motifs is 1. The van der Waals surface area contributed by atoms with Crippen LogP contribution >= 0.6 is 0 Å². The number of nitrogens with two attached hydrogens (primary N) is 1. The molecule has 3 N–H and O–H groups in total. The van der Waals surface area contributed by atoms with E-state index in [1.54, 1.807) is 0 Å². The number of H-pyrrole nitrogens is 1. The average molecular weight is 288 g/mol. The molecule has 0 aliphatic rings. The predicted molar refractivity (Wildman–Crippen MR) is 85.1 cm³/mol.